The number of fused-ring (bicyclic) bond motifs is 1. The van der Waals surface area contributed by atoms with Crippen molar-refractivity contribution < 1.29 is 27.5 Å². The number of nitrogens with one attached hydrogen (secondary N) is 2. The molecule has 2 aliphatic heterocycles. The second kappa shape index (κ2) is 9.47. The number of rotatable bonds is 5. The molecule has 182 valence electrons. The van der Waals surface area contributed by atoms with E-state index in [0.29, 0.717) is 11.3 Å². The molecule has 2 aromatic carbocycles. The molecule has 7 nitrogen and oxygen atoms in total. The first-order valence-electron chi connectivity index (χ1n) is 10.6. The number of urea groups is 1. The van der Waals surface area contributed by atoms with Crippen LogP contribution >= 0.6 is 11.8 Å². The van der Waals surface area contributed by atoms with Gasteiger partial charge in [-0.25, -0.2) is 4.79 Å². The molecule has 0 radical (unpaired) electrons. The van der Waals surface area contributed by atoms with Crippen molar-refractivity contribution in [1.82, 2.24) is 20.4 Å². The van der Waals surface area contributed by atoms with E-state index in [1.54, 1.807) is 20.2 Å². The van der Waals surface area contributed by atoms with E-state index in [2.05, 4.69) is 10.6 Å². The van der Waals surface area contributed by atoms with E-state index in [1.807, 2.05) is 24.3 Å². The van der Waals surface area contributed by atoms with Gasteiger partial charge in [-0.05, 0) is 29.3 Å². The molecule has 4 atom stereocenters. The monoisotopic (exact) mass is 494 g/mol. The van der Waals surface area contributed by atoms with Crippen molar-refractivity contribution >= 4 is 23.7 Å². The maximum atomic E-state index is 13.1. The lowest BCUT2D eigenvalue weighted by atomic mass is 9.96. The van der Waals surface area contributed by atoms with Gasteiger partial charge < -0.3 is 9.64 Å². The number of carbonyl (C=O) groups is 2. The van der Waals surface area contributed by atoms with Crippen molar-refractivity contribution in [1.29, 1.82) is 0 Å². The lowest BCUT2D eigenvalue weighted by molar-refractivity contribution is -0.140. The zero-order valence-electron chi connectivity index (χ0n) is 18.8. The van der Waals surface area contributed by atoms with Gasteiger partial charge in [-0.3, -0.25) is 20.3 Å². The predicted molar refractivity (Wildman–Crippen MR) is 122 cm³/mol. The molecule has 34 heavy (non-hydrogen) atoms. The largest absolute Gasteiger partial charge is 0.497 e. The molecule has 4 rings (SSSR count). The molecule has 0 aromatic heterocycles. The summed E-state index contributed by atoms with van der Waals surface area (Å²) in [5.74, 6) is -0.0232. The zero-order chi connectivity index (χ0) is 24.6. The van der Waals surface area contributed by atoms with Crippen LogP contribution in [0.1, 0.15) is 22.9 Å². The maximum absolute atomic E-state index is 13.1. The number of hydrogen-bond acceptors (Lipinski definition) is 6. The third-order valence-corrected chi connectivity index (χ3v) is 7.38. The molecule has 2 fully saturated rings. The van der Waals surface area contributed by atoms with E-state index in [9.17, 15) is 22.8 Å². The fourth-order valence-electron chi connectivity index (χ4n) is 4.21. The number of hydrogen-bond donors (Lipinski definition) is 2. The van der Waals surface area contributed by atoms with E-state index in [4.69, 9.17) is 4.74 Å². The second-order valence-corrected chi connectivity index (χ2v) is 9.36. The van der Waals surface area contributed by atoms with E-state index in [-0.39, 0.29) is 11.7 Å². The number of imide groups is 1. The van der Waals surface area contributed by atoms with Crippen molar-refractivity contribution in [3.05, 3.63) is 65.2 Å². The van der Waals surface area contributed by atoms with Crippen LogP contribution in [0.15, 0.2) is 48.5 Å². The van der Waals surface area contributed by atoms with Crippen molar-refractivity contribution in [3.8, 4) is 5.75 Å². The molecular formula is C23H25F3N4O3S. The summed E-state index contributed by atoms with van der Waals surface area (Å²) in [7, 11) is 4.63. The van der Waals surface area contributed by atoms with Gasteiger partial charge in [0, 0.05) is 19.8 Å². The number of benzene rings is 2. The Morgan fingerprint density at radius 3 is 2.41 bits per heavy atom. The van der Waals surface area contributed by atoms with Gasteiger partial charge in [0.1, 0.15) is 5.75 Å². The van der Waals surface area contributed by atoms with Gasteiger partial charge >= 0.3 is 12.2 Å². The van der Waals surface area contributed by atoms with Crippen LogP contribution in [0.2, 0.25) is 0 Å². The van der Waals surface area contributed by atoms with Crippen molar-refractivity contribution in [2.45, 2.75) is 29.6 Å². The minimum atomic E-state index is -4.43. The Bertz CT molecular complexity index is 1070. The Balaban J connectivity index is 1.61. The fraction of sp³-hybridized carbons (Fsp3) is 0.391. The number of halogens is 3. The fourth-order valence-corrected chi connectivity index (χ4v) is 5.47. The summed E-state index contributed by atoms with van der Waals surface area (Å²) in [6.45, 7) is 0. The van der Waals surface area contributed by atoms with Crippen LogP contribution in [-0.4, -0.2) is 54.5 Å². The highest BCUT2D eigenvalue weighted by atomic mass is 32.2. The Labute approximate surface area is 199 Å². The number of thioether (sulfide) groups is 1. The van der Waals surface area contributed by atoms with Crippen LogP contribution in [0.3, 0.4) is 0 Å². The van der Waals surface area contributed by atoms with E-state index >= 15 is 0 Å². The Kier molecular flexibility index (Phi) is 6.79. The number of ether oxygens (including phenoxy) is 1. The topological polar surface area (TPSA) is 73.9 Å². The molecule has 2 heterocycles. The van der Waals surface area contributed by atoms with E-state index < -0.39 is 41.4 Å². The molecule has 11 heteroatoms. The summed E-state index contributed by atoms with van der Waals surface area (Å²) < 4.78 is 44.6. The molecule has 0 bridgehead atoms. The van der Waals surface area contributed by atoms with E-state index in [1.165, 1.54) is 29.8 Å². The third kappa shape index (κ3) is 4.73. The Hall–Kier alpha value is -2.76. The van der Waals surface area contributed by atoms with Gasteiger partial charge in [0.2, 0.25) is 5.91 Å². The van der Waals surface area contributed by atoms with Crippen LogP contribution in [0.25, 0.3) is 0 Å². The van der Waals surface area contributed by atoms with Crippen molar-refractivity contribution in [2.24, 2.45) is 5.92 Å². The molecule has 2 saturated heterocycles. The SMILES string of the molecule is COc1ccc(C2NC(SCc3cccc(C(F)(F)F)c3)C3C(=O)N(C)C(=O)N(C)C3N2)cc1. The molecule has 0 saturated carbocycles. The summed E-state index contributed by atoms with van der Waals surface area (Å²) in [5, 5.41) is 6.29. The average Bonchev–Trinajstić information content (AvgIpc) is 2.84. The number of carbonyl (C=O) groups excluding carboxylic acids is 2. The average molecular weight is 495 g/mol. The van der Waals surface area contributed by atoms with Crippen molar-refractivity contribution in [3.63, 3.8) is 0 Å². The summed E-state index contributed by atoms with van der Waals surface area (Å²) >= 11 is 1.34. The first-order chi connectivity index (χ1) is 16.1. The van der Waals surface area contributed by atoms with Crippen LogP contribution in [0, 0.1) is 5.92 Å². The second-order valence-electron chi connectivity index (χ2n) is 8.23. The number of alkyl halides is 3. The highest BCUT2D eigenvalue weighted by Crippen LogP contribution is 2.36. The highest BCUT2D eigenvalue weighted by molar-refractivity contribution is 7.99. The predicted octanol–water partition coefficient (Wildman–Crippen LogP) is 3.63. The molecule has 4 unspecified atom stereocenters. The summed E-state index contributed by atoms with van der Waals surface area (Å²) in [4.78, 5) is 28.2. The summed E-state index contributed by atoms with van der Waals surface area (Å²) in [6.07, 6.45) is -5.40. The molecular weight excluding hydrogens is 469 g/mol. The van der Waals surface area contributed by atoms with Crippen molar-refractivity contribution in [2.75, 3.05) is 21.2 Å². The minimum absolute atomic E-state index is 0.259. The molecule has 3 amide bonds. The molecule has 2 N–H and O–H groups in total. The molecule has 0 aliphatic carbocycles. The summed E-state index contributed by atoms with van der Waals surface area (Å²) in [6, 6.07) is 12.1. The smallest absolute Gasteiger partial charge is 0.416 e. The number of methoxy groups -OCH3 is 1. The number of amides is 3. The first kappa shape index (κ1) is 24.4. The first-order valence-corrected chi connectivity index (χ1v) is 11.6. The standard InChI is InChI=1S/C23H25F3N4O3S/c1-29-19-17(21(31)30(2)22(29)32)20(28-18(27-19)14-7-9-16(33-3)10-8-14)34-12-13-5-4-6-15(11-13)23(24,25)26/h4-11,17-20,27-28H,12H2,1-3H3. The van der Waals surface area contributed by atoms with Gasteiger partial charge in [0.15, 0.2) is 0 Å². The lowest BCUT2D eigenvalue weighted by Crippen LogP contribution is -2.72. The Morgan fingerprint density at radius 2 is 1.76 bits per heavy atom. The Morgan fingerprint density at radius 1 is 1.06 bits per heavy atom. The van der Waals surface area contributed by atoms with Gasteiger partial charge in [0.25, 0.3) is 0 Å². The van der Waals surface area contributed by atoms with Gasteiger partial charge in [-0.1, -0.05) is 30.3 Å². The van der Waals surface area contributed by atoms with Gasteiger partial charge in [-0.15, -0.1) is 11.8 Å². The normalized spacial score (nSPS) is 25.4. The third-order valence-electron chi connectivity index (χ3n) is 6.09. The highest BCUT2D eigenvalue weighted by Gasteiger charge is 2.51. The van der Waals surface area contributed by atoms with Crippen LogP contribution in [-0.2, 0) is 16.7 Å². The molecule has 0 spiro atoms. The number of nitrogens with zero attached hydrogens (tertiary/aromatic N) is 2. The van der Waals surface area contributed by atoms with Crippen LogP contribution < -0.4 is 15.4 Å². The summed E-state index contributed by atoms with van der Waals surface area (Å²) in [5.41, 5.74) is 0.659. The molecule has 2 aliphatic rings. The zero-order valence-corrected chi connectivity index (χ0v) is 19.6. The van der Waals surface area contributed by atoms with Gasteiger partial charge in [0.05, 0.1) is 36.3 Å². The van der Waals surface area contributed by atoms with E-state index in [0.717, 1.165) is 22.6 Å². The van der Waals surface area contributed by atoms with Crippen LogP contribution in [0.4, 0.5) is 18.0 Å². The molecule has 2 aromatic rings. The lowest BCUT2D eigenvalue weighted by Gasteiger charge is -2.50. The maximum Gasteiger partial charge on any atom is 0.416 e. The quantitative estimate of drug-likeness (QED) is 0.662. The van der Waals surface area contributed by atoms with Crippen LogP contribution in [0.5, 0.6) is 5.75 Å². The minimum Gasteiger partial charge on any atom is -0.497 e. The van der Waals surface area contributed by atoms with Gasteiger partial charge in [-0.2, -0.15) is 13.2 Å².